The number of likely N-dealkylation sites (N-methyl/N-ethyl adjacent to an activating group) is 1. The third kappa shape index (κ3) is 5.58. The van der Waals surface area contributed by atoms with Gasteiger partial charge in [-0.1, -0.05) is 44.2 Å². The number of rotatable bonds is 8. The number of aliphatic hydroxyl groups excluding tert-OH is 1. The number of hydrogen-bond donors (Lipinski definition) is 2. The highest BCUT2D eigenvalue weighted by molar-refractivity contribution is 5.78. The average Bonchev–Trinajstić information content (AvgIpc) is 2.61. The lowest BCUT2D eigenvalue weighted by Gasteiger charge is -2.38. The molecule has 5 nitrogen and oxygen atoms in total. The molecule has 1 saturated heterocycles. The maximum atomic E-state index is 12.3. The summed E-state index contributed by atoms with van der Waals surface area (Å²) >= 11 is 0. The van der Waals surface area contributed by atoms with Gasteiger partial charge in [0.1, 0.15) is 0 Å². The molecule has 1 aliphatic heterocycles. The first kappa shape index (κ1) is 18.9. The van der Waals surface area contributed by atoms with Gasteiger partial charge in [0.2, 0.25) is 5.91 Å². The van der Waals surface area contributed by atoms with Gasteiger partial charge in [0.25, 0.3) is 0 Å². The van der Waals surface area contributed by atoms with Gasteiger partial charge in [-0.05, 0) is 31.6 Å². The van der Waals surface area contributed by atoms with E-state index in [0.717, 1.165) is 39.1 Å². The molecule has 0 radical (unpaired) electrons. The lowest BCUT2D eigenvalue weighted by Crippen LogP contribution is -2.54. The van der Waals surface area contributed by atoms with Gasteiger partial charge < -0.3 is 10.4 Å². The van der Waals surface area contributed by atoms with Crippen LogP contribution in [-0.4, -0.2) is 66.2 Å². The van der Waals surface area contributed by atoms with Crippen molar-refractivity contribution in [2.75, 3.05) is 39.3 Å². The molecule has 2 unspecified atom stereocenters. The van der Waals surface area contributed by atoms with E-state index in [0.29, 0.717) is 6.54 Å². The van der Waals surface area contributed by atoms with Crippen LogP contribution in [0.1, 0.15) is 25.8 Å². The van der Waals surface area contributed by atoms with Crippen molar-refractivity contribution < 1.29 is 9.90 Å². The molecule has 0 saturated carbocycles. The van der Waals surface area contributed by atoms with Gasteiger partial charge in [0, 0.05) is 31.7 Å². The van der Waals surface area contributed by atoms with Gasteiger partial charge in [0.05, 0.1) is 6.54 Å². The van der Waals surface area contributed by atoms with Gasteiger partial charge in [-0.2, -0.15) is 0 Å². The maximum Gasteiger partial charge on any atom is 0.234 e. The zero-order valence-electron chi connectivity index (χ0n) is 14.9. The number of nitrogens with zero attached hydrogens (tertiary/aromatic N) is 2. The first-order valence-electron chi connectivity index (χ1n) is 9.05. The predicted octanol–water partition coefficient (Wildman–Crippen LogP) is 1.33. The zero-order valence-corrected chi connectivity index (χ0v) is 14.9. The second-order valence-electron chi connectivity index (χ2n) is 6.59. The molecule has 134 valence electrons. The summed E-state index contributed by atoms with van der Waals surface area (Å²) in [5.74, 6) is 0.210. The number of amides is 1. The molecule has 0 spiro atoms. The highest BCUT2D eigenvalue weighted by Crippen LogP contribution is 2.19. The minimum atomic E-state index is 0.0236. The summed E-state index contributed by atoms with van der Waals surface area (Å²) in [6.45, 7) is 9.09. The minimum Gasteiger partial charge on any atom is -0.396 e. The average molecular weight is 333 g/mol. The van der Waals surface area contributed by atoms with Crippen LogP contribution in [0.4, 0.5) is 0 Å². The second kappa shape index (κ2) is 9.77. The summed E-state index contributed by atoms with van der Waals surface area (Å²) in [4.78, 5) is 16.8. The quantitative estimate of drug-likeness (QED) is 0.754. The zero-order chi connectivity index (χ0) is 17.4. The van der Waals surface area contributed by atoms with Crippen LogP contribution in [0.5, 0.6) is 0 Å². The van der Waals surface area contributed by atoms with Crippen LogP contribution in [0.2, 0.25) is 0 Å². The Balaban J connectivity index is 1.91. The molecule has 1 aromatic rings. The van der Waals surface area contributed by atoms with E-state index in [1.807, 2.05) is 6.07 Å². The van der Waals surface area contributed by atoms with Gasteiger partial charge in [-0.3, -0.25) is 14.6 Å². The third-order valence-electron chi connectivity index (χ3n) is 4.93. The molecule has 5 heteroatoms. The van der Waals surface area contributed by atoms with Crippen LogP contribution < -0.4 is 5.32 Å². The van der Waals surface area contributed by atoms with Crippen LogP contribution >= 0.6 is 0 Å². The molecule has 0 aromatic heterocycles. The van der Waals surface area contributed by atoms with Gasteiger partial charge >= 0.3 is 0 Å². The summed E-state index contributed by atoms with van der Waals surface area (Å²) in [5.41, 5.74) is 1.29. The number of hydrogen-bond acceptors (Lipinski definition) is 4. The van der Waals surface area contributed by atoms with E-state index in [4.69, 9.17) is 0 Å². The molecule has 2 N–H and O–H groups in total. The lowest BCUT2D eigenvalue weighted by atomic mass is 9.92. The topological polar surface area (TPSA) is 55.8 Å². The van der Waals surface area contributed by atoms with E-state index in [1.54, 1.807) is 0 Å². The van der Waals surface area contributed by atoms with Crippen molar-refractivity contribution in [1.29, 1.82) is 0 Å². The Morgan fingerprint density at radius 1 is 1.29 bits per heavy atom. The van der Waals surface area contributed by atoms with Crippen molar-refractivity contribution in [2.45, 2.75) is 32.9 Å². The molecule has 24 heavy (non-hydrogen) atoms. The summed E-state index contributed by atoms with van der Waals surface area (Å²) < 4.78 is 0. The van der Waals surface area contributed by atoms with E-state index in [-0.39, 0.29) is 24.5 Å². The highest BCUT2D eigenvalue weighted by atomic mass is 16.3. The van der Waals surface area contributed by atoms with Gasteiger partial charge in [0.15, 0.2) is 0 Å². The molecule has 0 bridgehead atoms. The standard InChI is InChI=1S/C19H31N3O2/c1-3-21(4-2)14-19(24)20-18-13-22(11-10-17(18)15-23)12-16-8-6-5-7-9-16/h5-9,17-18,23H,3-4,10-15H2,1-2H3,(H,20,24). The molecule has 1 aromatic carbocycles. The predicted molar refractivity (Wildman–Crippen MR) is 96.6 cm³/mol. The Morgan fingerprint density at radius 2 is 2.00 bits per heavy atom. The molecule has 1 aliphatic rings. The minimum absolute atomic E-state index is 0.0236. The summed E-state index contributed by atoms with van der Waals surface area (Å²) in [7, 11) is 0. The fourth-order valence-corrected chi connectivity index (χ4v) is 3.34. The van der Waals surface area contributed by atoms with Crippen molar-refractivity contribution in [2.24, 2.45) is 5.92 Å². The molecule has 1 fully saturated rings. The van der Waals surface area contributed by atoms with Crippen LogP contribution in [0.3, 0.4) is 0 Å². The van der Waals surface area contributed by atoms with Crippen molar-refractivity contribution in [3.05, 3.63) is 35.9 Å². The Bertz CT molecular complexity index is 491. The highest BCUT2D eigenvalue weighted by Gasteiger charge is 2.30. The fraction of sp³-hybridized carbons (Fsp3) is 0.632. The Kier molecular flexibility index (Phi) is 7.69. The Morgan fingerprint density at radius 3 is 2.62 bits per heavy atom. The molecular formula is C19H31N3O2. The van der Waals surface area contributed by atoms with Crippen LogP contribution in [0, 0.1) is 5.92 Å². The van der Waals surface area contributed by atoms with E-state index in [9.17, 15) is 9.90 Å². The summed E-state index contributed by atoms with van der Waals surface area (Å²) in [5, 5.41) is 12.8. The van der Waals surface area contributed by atoms with E-state index >= 15 is 0 Å². The van der Waals surface area contributed by atoms with E-state index in [1.165, 1.54) is 5.56 Å². The molecule has 1 amide bonds. The SMILES string of the molecule is CCN(CC)CC(=O)NC1CN(Cc2ccccc2)CCC1CO. The van der Waals surface area contributed by atoms with Crippen molar-refractivity contribution in [3.63, 3.8) is 0 Å². The summed E-state index contributed by atoms with van der Waals surface area (Å²) in [6.07, 6.45) is 0.916. The van der Waals surface area contributed by atoms with Crippen LogP contribution in [0.15, 0.2) is 30.3 Å². The largest absolute Gasteiger partial charge is 0.396 e. The monoisotopic (exact) mass is 333 g/mol. The number of carbonyl (C=O) groups excluding carboxylic acids is 1. The number of nitrogens with one attached hydrogen (secondary N) is 1. The second-order valence-corrected chi connectivity index (χ2v) is 6.59. The molecule has 1 heterocycles. The number of aliphatic hydroxyl groups is 1. The van der Waals surface area contributed by atoms with Crippen LogP contribution in [0.25, 0.3) is 0 Å². The normalized spacial score (nSPS) is 21.8. The molecular weight excluding hydrogens is 302 g/mol. The molecule has 2 rings (SSSR count). The lowest BCUT2D eigenvalue weighted by molar-refractivity contribution is -0.124. The van der Waals surface area contributed by atoms with E-state index in [2.05, 4.69) is 53.2 Å². The molecule has 0 aliphatic carbocycles. The smallest absolute Gasteiger partial charge is 0.234 e. The van der Waals surface area contributed by atoms with Crippen LogP contribution in [-0.2, 0) is 11.3 Å². The number of likely N-dealkylation sites (tertiary alicyclic amines) is 1. The van der Waals surface area contributed by atoms with Crippen molar-refractivity contribution >= 4 is 5.91 Å². The van der Waals surface area contributed by atoms with Crippen molar-refractivity contribution in [1.82, 2.24) is 15.1 Å². The Hall–Kier alpha value is -1.43. The number of piperidine rings is 1. The van der Waals surface area contributed by atoms with E-state index < -0.39 is 0 Å². The first-order valence-corrected chi connectivity index (χ1v) is 9.05. The van der Waals surface area contributed by atoms with Gasteiger partial charge in [-0.15, -0.1) is 0 Å². The maximum absolute atomic E-state index is 12.3. The van der Waals surface area contributed by atoms with Gasteiger partial charge in [-0.25, -0.2) is 0 Å². The molecule has 2 atom stereocenters. The number of benzene rings is 1. The fourth-order valence-electron chi connectivity index (χ4n) is 3.34. The summed E-state index contributed by atoms with van der Waals surface area (Å²) in [6, 6.07) is 10.4. The van der Waals surface area contributed by atoms with Crippen molar-refractivity contribution in [3.8, 4) is 0 Å². The first-order chi connectivity index (χ1) is 11.7. The third-order valence-corrected chi connectivity index (χ3v) is 4.93. The Labute approximate surface area is 145 Å². The number of carbonyl (C=O) groups is 1.